The fraction of sp³-hybridized carbons (Fsp3) is 0.400. The number of aliphatic hydroxyl groups is 1. The molecular weight excluding hydrogens is 510 g/mol. The van der Waals surface area contributed by atoms with Crippen LogP contribution >= 0.6 is 0 Å². The topological polar surface area (TPSA) is 68.8 Å². The molecular formula is C35H45N3O3. The Bertz CT molecular complexity index is 1360. The van der Waals surface area contributed by atoms with Crippen molar-refractivity contribution >= 4 is 16.8 Å². The Kier molecular flexibility index (Phi) is 10.6. The monoisotopic (exact) mass is 555 g/mol. The number of fused-ring (bicyclic) bond motifs is 1. The highest BCUT2D eigenvalue weighted by atomic mass is 16.5. The molecule has 0 radical (unpaired) electrons. The smallest absolute Gasteiger partial charge is 0.237 e. The molecule has 0 spiro atoms. The van der Waals surface area contributed by atoms with E-state index in [1.54, 1.807) is 0 Å². The average Bonchev–Trinajstić information content (AvgIpc) is 3.37. The van der Waals surface area contributed by atoms with Gasteiger partial charge in [-0.05, 0) is 59.7 Å². The molecule has 2 N–H and O–H groups in total. The third kappa shape index (κ3) is 8.94. The lowest BCUT2D eigenvalue weighted by Crippen LogP contribution is -2.44. The molecule has 1 atom stereocenters. The van der Waals surface area contributed by atoms with Crippen LogP contribution < -0.4 is 4.74 Å². The summed E-state index contributed by atoms with van der Waals surface area (Å²) in [4.78, 5) is 21.2. The first-order valence-electron chi connectivity index (χ1n) is 14.7. The van der Waals surface area contributed by atoms with Crippen LogP contribution in [0.1, 0.15) is 50.8 Å². The number of ether oxygens (including phenoxy) is 1. The number of aromatic amines is 1. The second-order valence-corrected chi connectivity index (χ2v) is 11.9. The predicted molar refractivity (Wildman–Crippen MR) is 167 cm³/mol. The number of amides is 1. The van der Waals surface area contributed by atoms with Crippen LogP contribution in [0, 0.1) is 0 Å². The first kappa shape index (κ1) is 30.4. The number of H-pyrrole nitrogens is 1. The zero-order chi connectivity index (χ0) is 29.2. The van der Waals surface area contributed by atoms with Crippen molar-refractivity contribution in [3.05, 3.63) is 102 Å². The lowest BCUT2D eigenvalue weighted by atomic mass is 9.87. The zero-order valence-corrected chi connectivity index (χ0v) is 25.0. The van der Waals surface area contributed by atoms with E-state index < -0.39 is 6.10 Å². The molecule has 6 heteroatoms. The molecule has 4 rings (SSSR count). The lowest BCUT2D eigenvalue weighted by Gasteiger charge is -2.29. The molecule has 0 bridgehead atoms. The summed E-state index contributed by atoms with van der Waals surface area (Å²) in [5, 5.41) is 11.9. The van der Waals surface area contributed by atoms with E-state index >= 15 is 0 Å². The van der Waals surface area contributed by atoms with Gasteiger partial charge in [0.2, 0.25) is 5.91 Å². The number of benzene rings is 3. The predicted octanol–water partition coefficient (Wildman–Crippen LogP) is 6.19. The van der Waals surface area contributed by atoms with Gasteiger partial charge in [-0.3, -0.25) is 9.69 Å². The van der Waals surface area contributed by atoms with E-state index in [-0.39, 0.29) is 24.5 Å². The molecule has 0 fully saturated rings. The highest BCUT2D eigenvalue weighted by Crippen LogP contribution is 2.23. The van der Waals surface area contributed by atoms with Crippen molar-refractivity contribution in [3.63, 3.8) is 0 Å². The van der Waals surface area contributed by atoms with E-state index in [0.29, 0.717) is 19.6 Å². The normalized spacial score (nSPS) is 12.5. The molecule has 1 aromatic heterocycles. The maximum atomic E-state index is 13.8. The van der Waals surface area contributed by atoms with Crippen LogP contribution in [0.4, 0.5) is 0 Å². The second-order valence-electron chi connectivity index (χ2n) is 11.9. The average molecular weight is 556 g/mol. The molecule has 1 amide bonds. The largest absolute Gasteiger partial charge is 0.491 e. The van der Waals surface area contributed by atoms with Gasteiger partial charge in [0.15, 0.2) is 0 Å². The number of aliphatic hydroxyl groups excluding tert-OH is 1. The van der Waals surface area contributed by atoms with Gasteiger partial charge >= 0.3 is 0 Å². The first-order chi connectivity index (χ1) is 19.7. The summed E-state index contributed by atoms with van der Waals surface area (Å²) in [6, 6.07) is 26.4. The third-order valence-electron chi connectivity index (χ3n) is 7.43. The van der Waals surface area contributed by atoms with Crippen molar-refractivity contribution in [1.29, 1.82) is 0 Å². The molecule has 1 unspecified atom stereocenters. The van der Waals surface area contributed by atoms with Crippen molar-refractivity contribution in [3.8, 4) is 5.75 Å². The van der Waals surface area contributed by atoms with Crippen molar-refractivity contribution in [1.82, 2.24) is 14.8 Å². The summed E-state index contributed by atoms with van der Waals surface area (Å²) in [5.74, 6) is 0.792. The Labute approximate surface area is 244 Å². The summed E-state index contributed by atoms with van der Waals surface area (Å²) in [6.07, 6.45) is 3.01. The number of carbonyl (C=O) groups excluding carboxylic acids is 1. The maximum absolute atomic E-state index is 13.8. The van der Waals surface area contributed by atoms with E-state index in [2.05, 4.69) is 81.3 Å². The number of hydrogen-bond donors (Lipinski definition) is 2. The van der Waals surface area contributed by atoms with Gasteiger partial charge in [0.1, 0.15) is 18.5 Å². The molecule has 218 valence electrons. The van der Waals surface area contributed by atoms with Crippen LogP contribution in [0.25, 0.3) is 10.9 Å². The number of nitrogens with one attached hydrogen (secondary N) is 1. The fourth-order valence-corrected chi connectivity index (χ4v) is 5.12. The lowest BCUT2D eigenvalue weighted by molar-refractivity contribution is -0.133. The van der Waals surface area contributed by atoms with E-state index in [0.717, 1.165) is 36.2 Å². The molecule has 0 aliphatic carbocycles. The summed E-state index contributed by atoms with van der Waals surface area (Å²) in [6.45, 7) is 11.4. The number of carbonyl (C=O) groups is 1. The minimum absolute atomic E-state index is 0.0642. The Hall–Kier alpha value is -3.61. The Balaban J connectivity index is 1.44. The highest BCUT2D eigenvalue weighted by molar-refractivity contribution is 5.83. The summed E-state index contributed by atoms with van der Waals surface area (Å²) in [7, 11) is 0. The van der Waals surface area contributed by atoms with Gasteiger partial charge in [0.05, 0.1) is 6.54 Å². The number of rotatable bonds is 14. The summed E-state index contributed by atoms with van der Waals surface area (Å²) >= 11 is 0. The molecule has 0 aliphatic heterocycles. The van der Waals surface area contributed by atoms with Crippen LogP contribution in [0.5, 0.6) is 5.75 Å². The first-order valence-corrected chi connectivity index (χ1v) is 14.7. The Morgan fingerprint density at radius 2 is 1.66 bits per heavy atom. The van der Waals surface area contributed by atoms with Gasteiger partial charge in [0.25, 0.3) is 0 Å². The molecule has 0 aliphatic rings. The van der Waals surface area contributed by atoms with E-state index in [1.165, 1.54) is 16.5 Å². The van der Waals surface area contributed by atoms with E-state index in [4.69, 9.17) is 4.74 Å². The highest BCUT2D eigenvalue weighted by Gasteiger charge is 2.21. The SMILES string of the molecule is CCCN(CC(=O)N(CCc1c[nH]c2ccccc12)Cc1ccc(C(C)(C)C)cc1)CC(O)COc1ccccc1. The third-order valence-corrected chi connectivity index (χ3v) is 7.43. The van der Waals surface area contributed by atoms with Gasteiger partial charge in [-0.1, -0.05) is 88.4 Å². The van der Waals surface area contributed by atoms with Crippen LogP contribution in [-0.2, 0) is 23.2 Å². The van der Waals surface area contributed by atoms with Gasteiger partial charge < -0.3 is 19.7 Å². The maximum Gasteiger partial charge on any atom is 0.237 e. The van der Waals surface area contributed by atoms with Crippen LogP contribution in [0.3, 0.4) is 0 Å². The number of nitrogens with zero attached hydrogens (tertiary/aromatic N) is 2. The number of para-hydroxylation sites is 2. The van der Waals surface area contributed by atoms with E-state index in [9.17, 15) is 9.90 Å². The molecule has 6 nitrogen and oxygen atoms in total. The molecule has 0 saturated heterocycles. The van der Waals surface area contributed by atoms with Crippen molar-refractivity contribution < 1.29 is 14.6 Å². The Morgan fingerprint density at radius 1 is 0.951 bits per heavy atom. The van der Waals surface area contributed by atoms with Gasteiger partial charge in [-0.2, -0.15) is 0 Å². The van der Waals surface area contributed by atoms with Crippen molar-refractivity contribution in [2.24, 2.45) is 0 Å². The molecule has 3 aromatic carbocycles. The number of aromatic nitrogens is 1. The van der Waals surface area contributed by atoms with Gasteiger partial charge in [-0.15, -0.1) is 0 Å². The summed E-state index contributed by atoms with van der Waals surface area (Å²) < 4.78 is 5.75. The van der Waals surface area contributed by atoms with Crippen LogP contribution in [0.15, 0.2) is 85.1 Å². The van der Waals surface area contributed by atoms with Crippen molar-refractivity contribution in [2.75, 3.05) is 32.8 Å². The van der Waals surface area contributed by atoms with Crippen molar-refractivity contribution in [2.45, 2.75) is 58.6 Å². The molecule has 41 heavy (non-hydrogen) atoms. The van der Waals surface area contributed by atoms with E-state index in [1.807, 2.05) is 46.2 Å². The standard InChI is InChI=1S/C35H45N3O3/c1-5-20-37(24-30(39)26-41-31-11-7-6-8-12-31)25-34(40)38(23-27-15-17-29(18-16-27)35(2,3)4)21-19-28-22-36-33-14-10-9-13-32(28)33/h6-18,22,30,36,39H,5,19-21,23-26H2,1-4H3. The number of hydrogen-bond acceptors (Lipinski definition) is 4. The summed E-state index contributed by atoms with van der Waals surface area (Å²) in [5.41, 5.74) is 4.79. The molecule has 4 aromatic rings. The van der Waals surface area contributed by atoms with Gasteiger partial charge in [-0.25, -0.2) is 0 Å². The van der Waals surface area contributed by atoms with Gasteiger partial charge in [0, 0.05) is 36.7 Å². The molecule has 1 heterocycles. The van der Waals surface area contributed by atoms with Crippen LogP contribution in [0.2, 0.25) is 0 Å². The van der Waals surface area contributed by atoms with Crippen LogP contribution in [-0.4, -0.2) is 64.7 Å². The minimum atomic E-state index is -0.695. The zero-order valence-electron chi connectivity index (χ0n) is 25.0. The fourth-order valence-electron chi connectivity index (χ4n) is 5.12. The second kappa shape index (κ2) is 14.3. The Morgan fingerprint density at radius 3 is 2.37 bits per heavy atom. The quantitative estimate of drug-likeness (QED) is 0.195. The molecule has 0 saturated carbocycles. The minimum Gasteiger partial charge on any atom is -0.491 e.